The summed E-state index contributed by atoms with van der Waals surface area (Å²) in [5.74, 6) is 1.65. The molecule has 0 saturated heterocycles. The summed E-state index contributed by atoms with van der Waals surface area (Å²) in [6.07, 6.45) is 4.37. The molecule has 0 radical (unpaired) electrons. The Morgan fingerprint density at radius 2 is 1.80 bits per heavy atom. The van der Waals surface area contributed by atoms with Gasteiger partial charge < -0.3 is 14.8 Å². The van der Waals surface area contributed by atoms with Gasteiger partial charge in [-0.3, -0.25) is 4.79 Å². The van der Waals surface area contributed by atoms with Crippen LogP contribution in [0.15, 0.2) is 48.5 Å². The molecule has 0 aliphatic carbocycles. The van der Waals surface area contributed by atoms with Gasteiger partial charge in [-0.25, -0.2) is 0 Å². The van der Waals surface area contributed by atoms with E-state index in [1.54, 1.807) is 38.5 Å². The van der Waals surface area contributed by atoms with Crippen molar-refractivity contribution >= 4 is 17.7 Å². The number of anilines is 1. The van der Waals surface area contributed by atoms with Gasteiger partial charge in [0, 0.05) is 12.1 Å². The van der Waals surface area contributed by atoms with Crippen LogP contribution in [0.2, 0.25) is 0 Å². The summed E-state index contributed by atoms with van der Waals surface area (Å²) < 4.78 is 10.4. The largest absolute Gasteiger partial charge is 0.497 e. The number of methoxy groups -OCH3 is 2. The second-order valence-electron chi connectivity index (χ2n) is 6.23. The quantitative estimate of drug-likeness (QED) is 0.753. The highest BCUT2D eigenvalue weighted by atomic mass is 16.5. The normalized spacial score (nSPS) is 10.9. The first-order valence-electron chi connectivity index (χ1n) is 8.32. The molecule has 0 spiro atoms. The van der Waals surface area contributed by atoms with Gasteiger partial charge in [0.25, 0.3) is 0 Å². The van der Waals surface area contributed by atoms with Crippen LogP contribution in [0.4, 0.5) is 5.69 Å². The molecule has 2 aromatic carbocycles. The number of benzene rings is 2. The standard InChI is InChI=1S/C21H25NO3/c1-15(2)13-17-7-5-16(6-8-17)9-12-21(23)22-19-11-10-18(24-3)14-20(19)25-4/h5-12,14-15H,13H2,1-4H3,(H,22,23). The summed E-state index contributed by atoms with van der Waals surface area (Å²) in [7, 11) is 3.14. The molecule has 4 nitrogen and oxygen atoms in total. The molecule has 0 unspecified atom stereocenters. The minimum absolute atomic E-state index is 0.213. The number of carbonyl (C=O) groups is 1. The molecule has 0 aliphatic rings. The van der Waals surface area contributed by atoms with Gasteiger partial charge in [0.05, 0.1) is 19.9 Å². The lowest BCUT2D eigenvalue weighted by Gasteiger charge is -2.10. The predicted octanol–water partition coefficient (Wildman–Crippen LogP) is 4.55. The van der Waals surface area contributed by atoms with E-state index in [1.807, 2.05) is 12.1 Å². The van der Waals surface area contributed by atoms with Crippen LogP contribution in [0.3, 0.4) is 0 Å². The molecule has 0 fully saturated rings. The van der Waals surface area contributed by atoms with E-state index in [0.29, 0.717) is 23.1 Å². The highest BCUT2D eigenvalue weighted by Gasteiger charge is 2.07. The van der Waals surface area contributed by atoms with Crippen LogP contribution in [-0.2, 0) is 11.2 Å². The summed E-state index contributed by atoms with van der Waals surface area (Å²) in [6, 6.07) is 13.5. The van der Waals surface area contributed by atoms with Gasteiger partial charge in [-0.2, -0.15) is 0 Å². The van der Waals surface area contributed by atoms with E-state index in [-0.39, 0.29) is 5.91 Å². The number of carbonyl (C=O) groups excluding carboxylic acids is 1. The zero-order valence-electron chi connectivity index (χ0n) is 15.2. The Morgan fingerprint density at radius 1 is 1.08 bits per heavy atom. The zero-order valence-corrected chi connectivity index (χ0v) is 15.2. The highest BCUT2D eigenvalue weighted by Crippen LogP contribution is 2.29. The summed E-state index contributed by atoms with van der Waals surface area (Å²) in [4.78, 5) is 12.1. The molecule has 0 saturated carbocycles. The second-order valence-corrected chi connectivity index (χ2v) is 6.23. The van der Waals surface area contributed by atoms with Gasteiger partial charge >= 0.3 is 0 Å². The lowest BCUT2D eigenvalue weighted by atomic mass is 10.0. The molecule has 0 atom stereocenters. The minimum atomic E-state index is -0.213. The van der Waals surface area contributed by atoms with Gasteiger partial charge in [-0.1, -0.05) is 38.1 Å². The highest BCUT2D eigenvalue weighted by molar-refractivity contribution is 6.02. The second kappa shape index (κ2) is 8.92. The van der Waals surface area contributed by atoms with Crippen LogP contribution in [0.5, 0.6) is 11.5 Å². The maximum absolute atomic E-state index is 12.1. The van der Waals surface area contributed by atoms with E-state index >= 15 is 0 Å². The monoisotopic (exact) mass is 339 g/mol. The van der Waals surface area contributed by atoms with Crippen molar-refractivity contribution in [3.8, 4) is 11.5 Å². The zero-order chi connectivity index (χ0) is 18.2. The number of hydrogen-bond acceptors (Lipinski definition) is 3. The molecule has 0 aromatic heterocycles. The number of rotatable bonds is 7. The van der Waals surface area contributed by atoms with Gasteiger partial charge in [0.15, 0.2) is 0 Å². The van der Waals surface area contributed by atoms with Crippen molar-refractivity contribution < 1.29 is 14.3 Å². The van der Waals surface area contributed by atoms with Crippen molar-refractivity contribution in [3.05, 3.63) is 59.7 Å². The molecule has 1 N–H and O–H groups in total. The molecule has 0 bridgehead atoms. The Labute approximate surface area is 149 Å². The molecule has 4 heteroatoms. The van der Waals surface area contributed by atoms with Gasteiger partial charge in [0.2, 0.25) is 5.91 Å². The molecule has 25 heavy (non-hydrogen) atoms. The Balaban J connectivity index is 2.01. The third-order valence-electron chi connectivity index (χ3n) is 3.72. The maximum Gasteiger partial charge on any atom is 0.248 e. The summed E-state index contributed by atoms with van der Waals surface area (Å²) in [5, 5.41) is 2.81. The molecule has 0 aliphatic heterocycles. The first kappa shape index (κ1) is 18.6. The van der Waals surface area contributed by atoms with Crippen LogP contribution in [-0.4, -0.2) is 20.1 Å². The lowest BCUT2D eigenvalue weighted by Crippen LogP contribution is -2.09. The topological polar surface area (TPSA) is 47.6 Å². The summed E-state index contributed by atoms with van der Waals surface area (Å²) >= 11 is 0. The van der Waals surface area contributed by atoms with Crippen molar-refractivity contribution in [2.24, 2.45) is 5.92 Å². The van der Waals surface area contributed by atoms with E-state index < -0.39 is 0 Å². The molecule has 0 heterocycles. The minimum Gasteiger partial charge on any atom is -0.497 e. The molecule has 2 rings (SSSR count). The Kier molecular flexibility index (Phi) is 6.63. The Morgan fingerprint density at radius 3 is 2.40 bits per heavy atom. The average molecular weight is 339 g/mol. The van der Waals surface area contributed by atoms with E-state index in [0.717, 1.165) is 12.0 Å². The fourth-order valence-electron chi connectivity index (χ4n) is 2.48. The lowest BCUT2D eigenvalue weighted by molar-refractivity contribution is -0.111. The number of ether oxygens (including phenoxy) is 2. The fourth-order valence-corrected chi connectivity index (χ4v) is 2.48. The van der Waals surface area contributed by atoms with Gasteiger partial charge in [-0.15, -0.1) is 0 Å². The summed E-state index contributed by atoms with van der Waals surface area (Å²) in [5.41, 5.74) is 2.90. The van der Waals surface area contributed by atoms with Gasteiger partial charge in [-0.05, 0) is 41.7 Å². The van der Waals surface area contributed by atoms with E-state index in [4.69, 9.17) is 9.47 Å². The fraction of sp³-hybridized carbons (Fsp3) is 0.286. The third kappa shape index (κ3) is 5.68. The van der Waals surface area contributed by atoms with Crippen molar-refractivity contribution in [3.63, 3.8) is 0 Å². The van der Waals surface area contributed by atoms with E-state index in [2.05, 4.69) is 31.3 Å². The Bertz CT molecular complexity index is 733. The smallest absolute Gasteiger partial charge is 0.248 e. The maximum atomic E-state index is 12.1. The van der Waals surface area contributed by atoms with Crippen LogP contribution in [0.1, 0.15) is 25.0 Å². The van der Waals surface area contributed by atoms with Crippen molar-refractivity contribution in [1.82, 2.24) is 0 Å². The Hall–Kier alpha value is -2.75. The van der Waals surface area contributed by atoms with E-state index in [9.17, 15) is 4.79 Å². The molecule has 132 valence electrons. The first-order chi connectivity index (χ1) is 12.0. The van der Waals surface area contributed by atoms with Crippen LogP contribution >= 0.6 is 0 Å². The molecular weight excluding hydrogens is 314 g/mol. The molecule has 2 aromatic rings. The number of amides is 1. The molecule has 1 amide bonds. The number of nitrogens with one attached hydrogen (secondary N) is 1. The average Bonchev–Trinajstić information content (AvgIpc) is 2.61. The van der Waals surface area contributed by atoms with Crippen LogP contribution < -0.4 is 14.8 Å². The SMILES string of the molecule is COc1ccc(NC(=O)C=Cc2ccc(CC(C)C)cc2)c(OC)c1. The van der Waals surface area contributed by atoms with Crippen LogP contribution in [0.25, 0.3) is 6.08 Å². The van der Waals surface area contributed by atoms with Crippen molar-refractivity contribution in [2.75, 3.05) is 19.5 Å². The number of hydrogen-bond donors (Lipinski definition) is 1. The molecular formula is C21H25NO3. The predicted molar refractivity (Wildman–Crippen MR) is 102 cm³/mol. The van der Waals surface area contributed by atoms with Crippen molar-refractivity contribution in [2.45, 2.75) is 20.3 Å². The third-order valence-corrected chi connectivity index (χ3v) is 3.72. The van der Waals surface area contributed by atoms with E-state index in [1.165, 1.54) is 11.6 Å². The first-order valence-corrected chi connectivity index (χ1v) is 8.32. The van der Waals surface area contributed by atoms with Crippen LogP contribution in [0, 0.1) is 5.92 Å². The van der Waals surface area contributed by atoms with Crippen molar-refractivity contribution in [1.29, 1.82) is 0 Å². The van der Waals surface area contributed by atoms with Gasteiger partial charge in [0.1, 0.15) is 11.5 Å². The summed E-state index contributed by atoms with van der Waals surface area (Å²) in [6.45, 7) is 4.40.